The molecule has 0 saturated heterocycles. The molecule has 0 atom stereocenters. The number of para-hydroxylation sites is 1. The van der Waals surface area contributed by atoms with Crippen molar-refractivity contribution < 1.29 is 31.1 Å². The molecule has 12 heteroatoms. The summed E-state index contributed by atoms with van der Waals surface area (Å²) in [7, 11) is -3.19. The Morgan fingerprint density at radius 1 is 1.03 bits per heavy atom. The maximum absolute atomic E-state index is 13.7. The summed E-state index contributed by atoms with van der Waals surface area (Å²) < 4.78 is 73.3. The van der Waals surface area contributed by atoms with Crippen LogP contribution in [0.25, 0.3) is 0 Å². The summed E-state index contributed by atoms with van der Waals surface area (Å²) in [5, 5.41) is 2.33. The van der Waals surface area contributed by atoms with E-state index in [1.165, 1.54) is 49.6 Å². The Kier molecular flexibility index (Phi) is 7.88. The quantitative estimate of drug-likeness (QED) is 0.385. The van der Waals surface area contributed by atoms with Crippen LogP contribution >= 0.6 is 23.2 Å². The highest BCUT2D eigenvalue weighted by Crippen LogP contribution is 2.36. The summed E-state index contributed by atoms with van der Waals surface area (Å²) in [4.78, 5) is 12.6. The predicted octanol–water partition coefficient (Wildman–Crippen LogP) is 6.16. The number of amides is 1. The average Bonchev–Trinajstić information content (AvgIpc) is 2.76. The molecule has 1 N–H and O–H groups in total. The standard InChI is InChI=1S/C23H19Cl2F3N2O4S/c1-14-7-8-20(34-2)21(9-14)35(32,33)30(17-11-15(24)10-16(25)12-17)13-22(31)29-19-6-4-3-5-18(19)23(26,27)28/h3-12H,13H2,1-2H3,(H,29,31). The molecule has 0 fully saturated rings. The van der Waals surface area contributed by atoms with Gasteiger partial charge in [-0.05, 0) is 55.0 Å². The number of aryl methyl sites for hydroxylation is 1. The van der Waals surface area contributed by atoms with Crippen molar-refractivity contribution in [1.82, 2.24) is 0 Å². The number of carbonyl (C=O) groups excluding carboxylic acids is 1. The van der Waals surface area contributed by atoms with E-state index in [1.807, 2.05) is 0 Å². The highest BCUT2D eigenvalue weighted by molar-refractivity contribution is 7.93. The maximum atomic E-state index is 13.7. The van der Waals surface area contributed by atoms with Gasteiger partial charge in [0.15, 0.2) is 0 Å². The minimum atomic E-state index is -4.73. The maximum Gasteiger partial charge on any atom is 0.418 e. The van der Waals surface area contributed by atoms with Gasteiger partial charge in [0.05, 0.1) is 24.0 Å². The first-order valence-electron chi connectivity index (χ1n) is 9.92. The molecule has 3 aromatic rings. The van der Waals surface area contributed by atoms with Crippen LogP contribution in [0.15, 0.2) is 65.6 Å². The molecule has 0 bridgehead atoms. The molecular weight excluding hydrogens is 528 g/mol. The van der Waals surface area contributed by atoms with Gasteiger partial charge in [0.25, 0.3) is 10.0 Å². The van der Waals surface area contributed by atoms with Crippen molar-refractivity contribution in [3.63, 3.8) is 0 Å². The lowest BCUT2D eigenvalue weighted by molar-refractivity contribution is -0.137. The number of ether oxygens (including phenoxy) is 1. The lowest BCUT2D eigenvalue weighted by Gasteiger charge is -2.26. The number of carbonyl (C=O) groups is 1. The monoisotopic (exact) mass is 546 g/mol. The molecule has 0 unspecified atom stereocenters. The molecular formula is C23H19Cl2F3N2O4S. The van der Waals surface area contributed by atoms with Gasteiger partial charge >= 0.3 is 6.18 Å². The van der Waals surface area contributed by atoms with Crippen LogP contribution in [0.3, 0.4) is 0 Å². The molecule has 3 rings (SSSR count). The topological polar surface area (TPSA) is 75.7 Å². The van der Waals surface area contributed by atoms with Gasteiger partial charge in [0.1, 0.15) is 17.2 Å². The van der Waals surface area contributed by atoms with Gasteiger partial charge in [-0.25, -0.2) is 8.42 Å². The molecule has 0 spiro atoms. The van der Waals surface area contributed by atoms with Crippen molar-refractivity contribution in [1.29, 1.82) is 0 Å². The summed E-state index contributed by atoms with van der Waals surface area (Å²) in [6.07, 6.45) is -4.73. The van der Waals surface area contributed by atoms with E-state index in [0.717, 1.165) is 12.1 Å². The van der Waals surface area contributed by atoms with Crippen LogP contribution in [0.2, 0.25) is 10.0 Å². The first-order chi connectivity index (χ1) is 16.3. The minimum absolute atomic E-state index is 0.0107. The number of benzene rings is 3. The highest BCUT2D eigenvalue weighted by atomic mass is 35.5. The Hall–Kier alpha value is -2.95. The summed E-state index contributed by atoms with van der Waals surface area (Å²) in [6.45, 7) is 0.794. The van der Waals surface area contributed by atoms with E-state index in [2.05, 4.69) is 5.32 Å². The zero-order valence-corrected chi connectivity index (χ0v) is 20.7. The van der Waals surface area contributed by atoms with E-state index in [4.69, 9.17) is 27.9 Å². The van der Waals surface area contributed by atoms with Gasteiger partial charge in [0.2, 0.25) is 5.91 Å². The van der Waals surface area contributed by atoms with Crippen molar-refractivity contribution in [2.75, 3.05) is 23.3 Å². The number of nitrogens with one attached hydrogen (secondary N) is 1. The third kappa shape index (κ3) is 6.19. The van der Waals surface area contributed by atoms with Gasteiger partial charge < -0.3 is 10.1 Å². The van der Waals surface area contributed by atoms with Gasteiger partial charge in [-0.1, -0.05) is 41.4 Å². The van der Waals surface area contributed by atoms with Crippen LogP contribution in [0.1, 0.15) is 11.1 Å². The van der Waals surface area contributed by atoms with E-state index < -0.39 is 39.9 Å². The van der Waals surface area contributed by atoms with Crippen molar-refractivity contribution in [2.24, 2.45) is 0 Å². The molecule has 0 heterocycles. The highest BCUT2D eigenvalue weighted by Gasteiger charge is 2.35. The molecule has 0 aliphatic carbocycles. The molecule has 0 aromatic heterocycles. The number of anilines is 2. The molecule has 3 aromatic carbocycles. The zero-order valence-electron chi connectivity index (χ0n) is 18.4. The van der Waals surface area contributed by atoms with Gasteiger partial charge in [-0.2, -0.15) is 13.2 Å². The fourth-order valence-corrected chi connectivity index (χ4v) is 5.42. The van der Waals surface area contributed by atoms with Crippen molar-refractivity contribution in [2.45, 2.75) is 18.0 Å². The first kappa shape index (κ1) is 26.7. The minimum Gasteiger partial charge on any atom is -0.495 e. The molecule has 0 saturated carbocycles. The Morgan fingerprint density at radius 3 is 2.26 bits per heavy atom. The molecule has 6 nitrogen and oxygen atoms in total. The Morgan fingerprint density at radius 2 is 1.66 bits per heavy atom. The fourth-order valence-electron chi connectivity index (χ4n) is 3.26. The number of hydrogen-bond donors (Lipinski definition) is 1. The Balaban J connectivity index is 2.08. The van der Waals surface area contributed by atoms with Crippen LogP contribution in [0.5, 0.6) is 5.75 Å². The third-order valence-electron chi connectivity index (χ3n) is 4.82. The van der Waals surface area contributed by atoms with E-state index >= 15 is 0 Å². The number of methoxy groups -OCH3 is 1. The normalized spacial score (nSPS) is 11.7. The summed E-state index contributed by atoms with van der Waals surface area (Å²) in [6, 6.07) is 12.7. The molecule has 1 amide bonds. The largest absolute Gasteiger partial charge is 0.495 e. The predicted molar refractivity (Wildman–Crippen MR) is 129 cm³/mol. The smallest absolute Gasteiger partial charge is 0.418 e. The fraction of sp³-hybridized carbons (Fsp3) is 0.174. The lowest BCUT2D eigenvalue weighted by atomic mass is 10.1. The van der Waals surface area contributed by atoms with E-state index in [1.54, 1.807) is 13.0 Å². The summed E-state index contributed by atoms with van der Waals surface area (Å²) in [5.41, 5.74) is -1.06. The number of hydrogen-bond acceptors (Lipinski definition) is 4. The van der Waals surface area contributed by atoms with E-state index in [-0.39, 0.29) is 26.4 Å². The second kappa shape index (κ2) is 10.3. The van der Waals surface area contributed by atoms with Crippen molar-refractivity contribution >= 4 is 50.5 Å². The average molecular weight is 547 g/mol. The van der Waals surface area contributed by atoms with Gasteiger partial charge in [-0.15, -0.1) is 0 Å². The van der Waals surface area contributed by atoms with Crippen LogP contribution in [-0.2, 0) is 21.0 Å². The molecule has 0 radical (unpaired) electrons. The van der Waals surface area contributed by atoms with Gasteiger partial charge in [0, 0.05) is 10.0 Å². The van der Waals surface area contributed by atoms with E-state index in [9.17, 15) is 26.4 Å². The van der Waals surface area contributed by atoms with Crippen LogP contribution in [0, 0.1) is 6.92 Å². The summed E-state index contributed by atoms with van der Waals surface area (Å²) >= 11 is 12.1. The number of sulfonamides is 1. The molecule has 0 aliphatic heterocycles. The van der Waals surface area contributed by atoms with Crippen molar-refractivity contribution in [3.8, 4) is 5.75 Å². The van der Waals surface area contributed by atoms with E-state index in [0.29, 0.717) is 9.87 Å². The summed E-state index contributed by atoms with van der Waals surface area (Å²) in [5.74, 6) is -1.01. The molecule has 186 valence electrons. The van der Waals surface area contributed by atoms with Crippen LogP contribution in [0.4, 0.5) is 24.5 Å². The van der Waals surface area contributed by atoms with Crippen molar-refractivity contribution in [3.05, 3.63) is 81.8 Å². The second-order valence-corrected chi connectivity index (χ2v) is 10.1. The van der Waals surface area contributed by atoms with Crippen LogP contribution in [-0.4, -0.2) is 28.0 Å². The molecule has 0 aliphatic rings. The zero-order chi connectivity index (χ0) is 26.0. The third-order valence-corrected chi connectivity index (χ3v) is 7.05. The number of halogens is 5. The first-order valence-corrected chi connectivity index (χ1v) is 12.1. The Bertz CT molecular complexity index is 1340. The molecule has 35 heavy (non-hydrogen) atoms. The number of alkyl halides is 3. The SMILES string of the molecule is COc1ccc(C)cc1S(=O)(=O)N(CC(=O)Nc1ccccc1C(F)(F)F)c1cc(Cl)cc(Cl)c1. The number of nitrogens with zero attached hydrogens (tertiary/aromatic N) is 1. The second-order valence-electron chi connectivity index (χ2n) is 7.39. The van der Waals surface area contributed by atoms with Gasteiger partial charge in [-0.3, -0.25) is 9.10 Å². The van der Waals surface area contributed by atoms with Crippen LogP contribution < -0.4 is 14.4 Å². The number of rotatable bonds is 7. The Labute approximate surface area is 210 Å². The lowest BCUT2D eigenvalue weighted by Crippen LogP contribution is -2.38.